The Bertz CT molecular complexity index is 566. The molecule has 2 fully saturated rings. The van der Waals surface area contributed by atoms with Crippen LogP contribution in [0.25, 0.3) is 0 Å². The second kappa shape index (κ2) is 7.00. The number of hydrogen-bond acceptors (Lipinski definition) is 4. The van der Waals surface area contributed by atoms with Crippen molar-refractivity contribution in [2.24, 2.45) is 5.92 Å². The van der Waals surface area contributed by atoms with E-state index in [1.165, 1.54) is 0 Å². The van der Waals surface area contributed by atoms with E-state index < -0.39 is 0 Å². The first kappa shape index (κ1) is 15.8. The first-order valence-corrected chi connectivity index (χ1v) is 8.29. The number of likely N-dealkylation sites (tertiary alicyclic amines) is 1. The van der Waals surface area contributed by atoms with Gasteiger partial charge in [0.1, 0.15) is 0 Å². The van der Waals surface area contributed by atoms with Gasteiger partial charge < -0.3 is 21.3 Å². The molecule has 23 heavy (non-hydrogen) atoms. The van der Waals surface area contributed by atoms with E-state index in [2.05, 4.69) is 10.6 Å². The minimum absolute atomic E-state index is 0.0912. The van der Waals surface area contributed by atoms with Gasteiger partial charge in [-0.15, -0.1) is 0 Å². The molecule has 0 bridgehead atoms. The largest absolute Gasteiger partial charge is 0.399 e. The Labute approximate surface area is 136 Å². The minimum Gasteiger partial charge on any atom is -0.399 e. The highest BCUT2D eigenvalue weighted by atomic mass is 16.2. The summed E-state index contributed by atoms with van der Waals surface area (Å²) < 4.78 is 0. The zero-order valence-corrected chi connectivity index (χ0v) is 13.3. The molecule has 3 rings (SSSR count). The van der Waals surface area contributed by atoms with E-state index in [-0.39, 0.29) is 17.9 Å². The maximum absolute atomic E-state index is 12.3. The van der Waals surface area contributed by atoms with E-state index in [9.17, 15) is 9.59 Å². The van der Waals surface area contributed by atoms with Crippen LogP contribution in [0.4, 0.5) is 5.69 Å². The Morgan fingerprint density at radius 2 is 1.91 bits per heavy atom. The van der Waals surface area contributed by atoms with Crippen molar-refractivity contribution in [2.75, 3.05) is 31.9 Å². The van der Waals surface area contributed by atoms with Gasteiger partial charge >= 0.3 is 0 Å². The Morgan fingerprint density at radius 1 is 1.22 bits per heavy atom. The molecule has 2 heterocycles. The summed E-state index contributed by atoms with van der Waals surface area (Å²) in [4.78, 5) is 26.4. The SMILES string of the molecule is Nc1ccc(C(=O)NCC2CNC(C(=O)N3CCCC3)C2)cc1. The number of benzene rings is 1. The number of anilines is 1. The van der Waals surface area contributed by atoms with Crippen molar-refractivity contribution in [3.8, 4) is 0 Å². The lowest BCUT2D eigenvalue weighted by Gasteiger charge is -2.20. The molecule has 4 N–H and O–H groups in total. The average molecular weight is 316 g/mol. The molecular formula is C17H24N4O2. The number of amides is 2. The van der Waals surface area contributed by atoms with Gasteiger partial charge in [-0.05, 0) is 49.4 Å². The molecule has 2 aliphatic rings. The van der Waals surface area contributed by atoms with E-state index in [0.717, 1.165) is 38.9 Å². The topological polar surface area (TPSA) is 87.5 Å². The van der Waals surface area contributed by atoms with E-state index in [4.69, 9.17) is 5.73 Å². The Balaban J connectivity index is 1.45. The molecule has 2 atom stereocenters. The lowest BCUT2D eigenvalue weighted by atomic mass is 10.0. The number of nitrogens with zero attached hydrogens (tertiary/aromatic N) is 1. The van der Waals surface area contributed by atoms with Crippen molar-refractivity contribution in [1.29, 1.82) is 0 Å². The molecule has 0 saturated carbocycles. The van der Waals surface area contributed by atoms with E-state index >= 15 is 0 Å². The number of carbonyl (C=O) groups is 2. The molecule has 0 aliphatic carbocycles. The third kappa shape index (κ3) is 3.82. The van der Waals surface area contributed by atoms with Crippen molar-refractivity contribution in [3.63, 3.8) is 0 Å². The van der Waals surface area contributed by atoms with Crippen LogP contribution in [-0.4, -0.2) is 48.9 Å². The van der Waals surface area contributed by atoms with Crippen LogP contribution in [0, 0.1) is 5.92 Å². The van der Waals surface area contributed by atoms with E-state index in [1.54, 1.807) is 24.3 Å². The summed E-state index contributed by atoms with van der Waals surface area (Å²) in [6.45, 7) is 3.12. The summed E-state index contributed by atoms with van der Waals surface area (Å²) in [5.41, 5.74) is 6.87. The molecule has 2 saturated heterocycles. The van der Waals surface area contributed by atoms with Gasteiger partial charge in [-0.2, -0.15) is 0 Å². The Morgan fingerprint density at radius 3 is 2.61 bits per heavy atom. The fraction of sp³-hybridized carbons (Fsp3) is 0.529. The summed E-state index contributed by atoms with van der Waals surface area (Å²) in [5, 5.41) is 6.24. The monoisotopic (exact) mass is 316 g/mol. The molecule has 0 radical (unpaired) electrons. The summed E-state index contributed by atoms with van der Waals surface area (Å²) in [5.74, 6) is 0.415. The van der Waals surface area contributed by atoms with Crippen molar-refractivity contribution in [1.82, 2.24) is 15.5 Å². The number of rotatable bonds is 4. The van der Waals surface area contributed by atoms with E-state index in [1.807, 2.05) is 4.90 Å². The molecule has 1 aromatic rings. The van der Waals surface area contributed by atoms with Crippen LogP contribution in [0.1, 0.15) is 29.6 Å². The van der Waals surface area contributed by atoms with Crippen molar-refractivity contribution >= 4 is 17.5 Å². The second-order valence-corrected chi connectivity index (χ2v) is 6.43. The smallest absolute Gasteiger partial charge is 0.251 e. The molecular weight excluding hydrogens is 292 g/mol. The normalized spacial score (nSPS) is 23.9. The van der Waals surface area contributed by atoms with Crippen LogP contribution >= 0.6 is 0 Å². The molecule has 124 valence electrons. The molecule has 0 aromatic heterocycles. The van der Waals surface area contributed by atoms with Gasteiger partial charge in [0.2, 0.25) is 5.91 Å². The minimum atomic E-state index is -0.0979. The summed E-state index contributed by atoms with van der Waals surface area (Å²) in [7, 11) is 0. The fourth-order valence-corrected chi connectivity index (χ4v) is 3.28. The first-order chi connectivity index (χ1) is 11.1. The zero-order valence-electron chi connectivity index (χ0n) is 13.3. The van der Waals surface area contributed by atoms with Crippen LogP contribution in [0.2, 0.25) is 0 Å². The van der Waals surface area contributed by atoms with Gasteiger partial charge in [-0.1, -0.05) is 0 Å². The molecule has 1 aromatic carbocycles. The maximum Gasteiger partial charge on any atom is 0.251 e. The highest BCUT2D eigenvalue weighted by molar-refractivity contribution is 5.94. The number of nitrogens with two attached hydrogens (primary N) is 1. The molecule has 2 unspecified atom stereocenters. The molecule has 2 aliphatic heterocycles. The number of carbonyl (C=O) groups excluding carboxylic acids is 2. The lowest BCUT2D eigenvalue weighted by Crippen LogP contribution is -2.42. The van der Waals surface area contributed by atoms with Gasteiger partial charge in [0.15, 0.2) is 0 Å². The van der Waals surface area contributed by atoms with Crippen LogP contribution < -0.4 is 16.4 Å². The Hall–Kier alpha value is -2.08. The Kier molecular flexibility index (Phi) is 4.81. The van der Waals surface area contributed by atoms with Crippen LogP contribution in [0.15, 0.2) is 24.3 Å². The number of hydrogen-bond donors (Lipinski definition) is 3. The van der Waals surface area contributed by atoms with Crippen LogP contribution in [0.5, 0.6) is 0 Å². The lowest BCUT2D eigenvalue weighted by molar-refractivity contribution is -0.132. The predicted molar refractivity (Wildman–Crippen MR) is 88.9 cm³/mol. The zero-order chi connectivity index (χ0) is 16.2. The quantitative estimate of drug-likeness (QED) is 0.710. The fourth-order valence-electron chi connectivity index (χ4n) is 3.28. The third-order valence-corrected chi connectivity index (χ3v) is 4.66. The van der Waals surface area contributed by atoms with Gasteiger partial charge in [0.25, 0.3) is 5.91 Å². The highest BCUT2D eigenvalue weighted by Gasteiger charge is 2.33. The van der Waals surface area contributed by atoms with E-state index in [0.29, 0.717) is 23.7 Å². The standard InChI is InChI=1S/C17H24N4O2/c18-14-5-3-13(4-6-14)16(22)20-11-12-9-15(19-10-12)17(23)21-7-1-2-8-21/h3-6,12,15,19H,1-2,7-11,18H2,(H,20,22). The summed E-state index contributed by atoms with van der Waals surface area (Å²) in [6, 6.07) is 6.79. The van der Waals surface area contributed by atoms with Crippen LogP contribution in [-0.2, 0) is 4.79 Å². The van der Waals surface area contributed by atoms with Crippen molar-refractivity contribution < 1.29 is 9.59 Å². The second-order valence-electron chi connectivity index (χ2n) is 6.43. The third-order valence-electron chi connectivity index (χ3n) is 4.66. The molecule has 0 spiro atoms. The molecule has 2 amide bonds. The van der Waals surface area contributed by atoms with Gasteiger partial charge in [-0.3, -0.25) is 9.59 Å². The van der Waals surface area contributed by atoms with Gasteiger partial charge in [-0.25, -0.2) is 0 Å². The van der Waals surface area contributed by atoms with Gasteiger partial charge in [0, 0.05) is 37.4 Å². The number of nitrogens with one attached hydrogen (secondary N) is 2. The highest BCUT2D eigenvalue weighted by Crippen LogP contribution is 2.18. The van der Waals surface area contributed by atoms with Crippen molar-refractivity contribution in [3.05, 3.63) is 29.8 Å². The molecule has 6 nitrogen and oxygen atoms in total. The first-order valence-electron chi connectivity index (χ1n) is 8.29. The van der Waals surface area contributed by atoms with Crippen LogP contribution in [0.3, 0.4) is 0 Å². The molecule has 6 heteroatoms. The average Bonchev–Trinajstić information content (AvgIpc) is 3.24. The predicted octanol–water partition coefficient (Wildman–Crippen LogP) is 0.599. The van der Waals surface area contributed by atoms with Crippen molar-refractivity contribution in [2.45, 2.75) is 25.3 Å². The number of nitrogen functional groups attached to an aromatic ring is 1. The maximum atomic E-state index is 12.3. The van der Waals surface area contributed by atoms with Gasteiger partial charge in [0.05, 0.1) is 6.04 Å². The summed E-state index contributed by atoms with van der Waals surface area (Å²) in [6.07, 6.45) is 3.01. The summed E-state index contributed by atoms with van der Waals surface area (Å²) >= 11 is 0.